The van der Waals surface area contributed by atoms with Crippen LogP contribution in [-0.4, -0.2) is 32.1 Å². The Labute approximate surface area is 112 Å². The van der Waals surface area contributed by atoms with Gasteiger partial charge in [-0.2, -0.15) is 0 Å². The van der Waals surface area contributed by atoms with Crippen molar-refractivity contribution in [3.05, 3.63) is 29.3 Å². The molecule has 0 bridgehead atoms. The minimum atomic E-state index is -0.243. The van der Waals surface area contributed by atoms with Gasteiger partial charge in [0, 0.05) is 18.5 Å². The van der Waals surface area contributed by atoms with Gasteiger partial charge in [-0.1, -0.05) is 12.1 Å². The number of ether oxygens (including phenoxy) is 1. The van der Waals surface area contributed by atoms with E-state index < -0.39 is 0 Å². The molecular formula is C14H18N2O3. The van der Waals surface area contributed by atoms with E-state index in [1.54, 1.807) is 7.05 Å². The molecule has 1 heterocycles. The number of nitrogens with one attached hydrogen (secondary N) is 2. The summed E-state index contributed by atoms with van der Waals surface area (Å²) in [5.41, 5.74) is 3.16. The Bertz CT molecular complexity index is 486. The number of fused-ring (bicyclic) bond motifs is 1. The maximum absolute atomic E-state index is 11.2. The average Bonchev–Trinajstić information content (AvgIpc) is 2.39. The summed E-state index contributed by atoms with van der Waals surface area (Å²) < 4.78 is 5.08. The molecule has 5 nitrogen and oxygen atoms in total. The van der Waals surface area contributed by atoms with Gasteiger partial charge < -0.3 is 15.4 Å². The quantitative estimate of drug-likeness (QED) is 0.773. The third kappa shape index (κ3) is 3.79. The standard InChI is InChI=1S/C14H18N2O3/c1-15-9-14(18)19-7-6-10-2-4-12-11(8-10)3-5-13(17)16-12/h2,4,8,15H,3,5-7,9H2,1H3,(H,16,17). The van der Waals surface area contributed by atoms with Gasteiger partial charge in [0.25, 0.3) is 0 Å². The van der Waals surface area contributed by atoms with Crippen LogP contribution in [0.4, 0.5) is 5.69 Å². The molecule has 0 saturated carbocycles. The first-order chi connectivity index (χ1) is 9.19. The summed E-state index contributed by atoms with van der Waals surface area (Å²) in [6.07, 6.45) is 2.00. The minimum Gasteiger partial charge on any atom is -0.464 e. The van der Waals surface area contributed by atoms with Gasteiger partial charge in [0.15, 0.2) is 0 Å². The van der Waals surface area contributed by atoms with Gasteiger partial charge in [0.1, 0.15) is 0 Å². The summed E-state index contributed by atoms with van der Waals surface area (Å²) in [6, 6.07) is 5.94. The van der Waals surface area contributed by atoms with Crippen molar-refractivity contribution < 1.29 is 14.3 Å². The normalized spacial score (nSPS) is 13.6. The fourth-order valence-electron chi connectivity index (χ4n) is 2.07. The van der Waals surface area contributed by atoms with Crippen LogP contribution in [-0.2, 0) is 27.2 Å². The molecule has 2 N–H and O–H groups in total. The molecule has 1 amide bonds. The lowest BCUT2D eigenvalue weighted by Crippen LogP contribution is -2.22. The van der Waals surface area contributed by atoms with Gasteiger partial charge in [-0.3, -0.25) is 9.59 Å². The molecule has 1 aliphatic rings. The minimum absolute atomic E-state index is 0.0706. The number of carbonyl (C=O) groups excluding carboxylic acids is 2. The molecule has 102 valence electrons. The second-order valence-corrected chi connectivity index (χ2v) is 4.54. The Morgan fingerprint density at radius 1 is 1.42 bits per heavy atom. The van der Waals surface area contributed by atoms with Crippen LogP contribution in [0.15, 0.2) is 18.2 Å². The lowest BCUT2D eigenvalue weighted by Gasteiger charge is -2.17. The smallest absolute Gasteiger partial charge is 0.319 e. The number of esters is 1. The highest BCUT2D eigenvalue weighted by Crippen LogP contribution is 2.23. The van der Waals surface area contributed by atoms with Crippen LogP contribution in [0, 0.1) is 0 Å². The highest BCUT2D eigenvalue weighted by atomic mass is 16.5. The highest BCUT2D eigenvalue weighted by molar-refractivity contribution is 5.93. The van der Waals surface area contributed by atoms with Crippen molar-refractivity contribution in [3.8, 4) is 0 Å². The van der Waals surface area contributed by atoms with Crippen molar-refractivity contribution in [1.82, 2.24) is 5.32 Å². The van der Waals surface area contributed by atoms with Crippen LogP contribution in [0.3, 0.4) is 0 Å². The molecule has 0 aliphatic carbocycles. The van der Waals surface area contributed by atoms with Gasteiger partial charge in [0.2, 0.25) is 5.91 Å². The zero-order valence-electron chi connectivity index (χ0n) is 11.0. The summed E-state index contributed by atoms with van der Waals surface area (Å²) in [5, 5.41) is 5.59. The summed E-state index contributed by atoms with van der Waals surface area (Å²) >= 11 is 0. The lowest BCUT2D eigenvalue weighted by molar-refractivity contribution is -0.142. The van der Waals surface area contributed by atoms with E-state index in [0.717, 1.165) is 23.2 Å². The molecule has 0 atom stereocenters. The Morgan fingerprint density at radius 3 is 3.05 bits per heavy atom. The van der Waals surface area contributed by atoms with E-state index in [0.29, 0.717) is 19.4 Å². The molecule has 0 radical (unpaired) electrons. The lowest BCUT2D eigenvalue weighted by atomic mass is 9.99. The van der Waals surface area contributed by atoms with E-state index >= 15 is 0 Å². The van der Waals surface area contributed by atoms with Crippen molar-refractivity contribution in [1.29, 1.82) is 0 Å². The average molecular weight is 262 g/mol. The SMILES string of the molecule is CNCC(=O)OCCc1ccc2c(c1)CCC(=O)N2. The van der Waals surface area contributed by atoms with Gasteiger partial charge in [-0.25, -0.2) is 0 Å². The second kappa shape index (κ2) is 6.33. The first-order valence-electron chi connectivity index (χ1n) is 6.41. The third-order valence-electron chi connectivity index (χ3n) is 3.04. The molecule has 0 aromatic heterocycles. The predicted molar refractivity (Wildman–Crippen MR) is 72.0 cm³/mol. The van der Waals surface area contributed by atoms with E-state index in [1.807, 2.05) is 12.1 Å². The number of aryl methyl sites for hydroxylation is 1. The van der Waals surface area contributed by atoms with Crippen LogP contribution in [0.1, 0.15) is 17.5 Å². The topological polar surface area (TPSA) is 67.4 Å². The van der Waals surface area contributed by atoms with Crippen LogP contribution < -0.4 is 10.6 Å². The molecule has 2 rings (SSSR count). The summed E-state index contributed by atoms with van der Waals surface area (Å²) in [7, 11) is 1.71. The van der Waals surface area contributed by atoms with Crippen LogP contribution in [0.2, 0.25) is 0 Å². The molecule has 5 heteroatoms. The van der Waals surface area contributed by atoms with Crippen LogP contribution in [0.25, 0.3) is 0 Å². The molecule has 0 saturated heterocycles. The number of hydrogen-bond acceptors (Lipinski definition) is 4. The van der Waals surface area contributed by atoms with E-state index in [-0.39, 0.29) is 18.4 Å². The predicted octanol–water partition coefficient (Wildman–Crippen LogP) is 0.876. The van der Waals surface area contributed by atoms with Gasteiger partial charge >= 0.3 is 5.97 Å². The summed E-state index contributed by atoms with van der Waals surface area (Å²) in [6.45, 7) is 0.613. The van der Waals surface area contributed by atoms with E-state index in [1.165, 1.54) is 0 Å². The fraction of sp³-hybridized carbons (Fsp3) is 0.429. The Kier molecular flexibility index (Phi) is 4.52. The van der Waals surface area contributed by atoms with Crippen LogP contribution >= 0.6 is 0 Å². The molecule has 1 aromatic rings. The molecule has 1 aromatic carbocycles. The van der Waals surface area contributed by atoms with E-state index in [9.17, 15) is 9.59 Å². The fourth-order valence-corrected chi connectivity index (χ4v) is 2.07. The third-order valence-corrected chi connectivity index (χ3v) is 3.04. The number of benzene rings is 1. The number of carbonyl (C=O) groups is 2. The van der Waals surface area contributed by atoms with E-state index in [4.69, 9.17) is 4.74 Å². The second-order valence-electron chi connectivity index (χ2n) is 4.54. The van der Waals surface area contributed by atoms with Crippen molar-refractivity contribution >= 4 is 17.6 Å². The molecule has 0 spiro atoms. The summed E-state index contributed by atoms with van der Waals surface area (Å²) in [5.74, 6) is -0.172. The van der Waals surface area contributed by atoms with Crippen molar-refractivity contribution in [2.24, 2.45) is 0 Å². The first-order valence-corrected chi connectivity index (χ1v) is 6.41. The molecule has 0 fully saturated rings. The Hall–Kier alpha value is -1.88. The van der Waals surface area contributed by atoms with Crippen molar-refractivity contribution in [2.45, 2.75) is 19.3 Å². The molecule has 19 heavy (non-hydrogen) atoms. The summed E-state index contributed by atoms with van der Waals surface area (Å²) in [4.78, 5) is 22.4. The molecule has 1 aliphatic heterocycles. The monoisotopic (exact) mass is 262 g/mol. The number of hydrogen-bond donors (Lipinski definition) is 2. The highest BCUT2D eigenvalue weighted by Gasteiger charge is 2.14. The number of rotatable bonds is 5. The number of likely N-dealkylation sites (N-methyl/N-ethyl adjacent to an activating group) is 1. The van der Waals surface area contributed by atoms with E-state index in [2.05, 4.69) is 16.7 Å². The van der Waals surface area contributed by atoms with Gasteiger partial charge in [-0.15, -0.1) is 0 Å². The largest absolute Gasteiger partial charge is 0.464 e. The maximum Gasteiger partial charge on any atom is 0.319 e. The first kappa shape index (κ1) is 13.5. The Morgan fingerprint density at radius 2 is 2.26 bits per heavy atom. The zero-order chi connectivity index (χ0) is 13.7. The van der Waals surface area contributed by atoms with Gasteiger partial charge in [-0.05, 0) is 30.7 Å². The maximum atomic E-state index is 11.2. The number of anilines is 1. The number of amides is 1. The molecule has 0 unspecified atom stereocenters. The van der Waals surface area contributed by atoms with Crippen molar-refractivity contribution in [3.63, 3.8) is 0 Å². The van der Waals surface area contributed by atoms with Gasteiger partial charge in [0.05, 0.1) is 13.2 Å². The van der Waals surface area contributed by atoms with Crippen LogP contribution in [0.5, 0.6) is 0 Å². The van der Waals surface area contributed by atoms with Crippen molar-refractivity contribution in [2.75, 3.05) is 25.5 Å². The molecular weight excluding hydrogens is 244 g/mol. The Balaban J connectivity index is 1.88. The zero-order valence-corrected chi connectivity index (χ0v) is 11.0.